The second-order valence-electron chi connectivity index (χ2n) is 5.13. The number of aliphatic carboxylic acids is 1. The Morgan fingerprint density at radius 1 is 1.10 bits per heavy atom. The lowest BCUT2D eigenvalue weighted by molar-refractivity contribution is -0.138. The highest BCUT2D eigenvalue weighted by atomic mass is 16.4. The fourth-order valence-corrected chi connectivity index (χ4v) is 1.65. The largest absolute Gasteiger partial charge is 0.480 e. The molecule has 116 valence electrons. The molecule has 0 aliphatic rings. The van der Waals surface area contributed by atoms with Gasteiger partial charge in [-0.05, 0) is 34.6 Å². The van der Waals surface area contributed by atoms with Gasteiger partial charge in [-0.3, -0.25) is 9.59 Å². The summed E-state index contributed by atoms with van der Waals surface area (Å²) in [4.78, 5) is 37.4. The molecule has 0 atom stereocenters. The minimum absolute atomic E-state index is 0.00321. The van der Waals surface area contributed by atoms with Crippen LogP contribution in [0.5, 0.6) is 0 Å². The highest BCUT2D eigenvalue weighted by Crippen LogP contribution is 2.05. The molecule has 0 saturated carbocycles. The number of nitrogens with one attached hydrogen (secondary N) is 1. The van der Waals surface area contributed by atoms with Crippen molar-refractivity contribution in [3.63, 3.8) is 0 Å². The first kappa shape index (κ1) is 18.2. The van der Waals surface area contributed by atoms with Crippen molar-refractivity contribution in [1.82, 2.24) is 15.1 Å². The molecule has 0 saturated heterocycles. The van der Waals surface area contributed by atoms with Crippen LogP contribution in [0.25, 0.3) is 0 Å². The van der Waals surface area contributed by atoms with Gasteiger partial charge in [0.15, 0.2) is 0 Å². The fourth-order valence-electron chi connectivity index (χ4n) is 1.65. The second-order valence-corrected chi connectivity index (χ2v) is 5.13. The maximum absolute atomic E-state index is 12.3. The minimum atomic E-state index is -1.07. The third-order valence-electron chi connectivity index (χ3n) is 2.61. The van der Waals surface area contributed by atoms with Crippen molar-refractivity contribution in [2.24, 2.45) is 0 Å². The van der Waals surface area contributed by atoms with E-state index in [1.165, 1.54) is 9.80 Å². The quantitative estimate of drug-likeness (QED) is 0.723. The molecule has 0 spiro atoms. The molecule has 0 rings (SSSR count). The SMILES string of the molecule is CCN(CC(=O)NC(C)C)C(=O)N(CC(=O)O)C(C)C. The molecule has 7 heteroatoms. The van der Waals surface area contributed by atoms with E-state index in [1.807, 2.05) is 13.8 Å². The zero-order valence-corrected chi connectivity index (χ0v) is 12.8. The first-order valence-corrected chi connectivity index (χ1v) is 6.75. The Morgan fingerprint density at radius 3 is 2.00 bits per heavy atom. The number of amides is 3. The molecule has 20 heavy (non-hydrogen) atoms. The van der Waals surface area contributed by atoms with Gasteiger partial charge in [0, 0.05) is 18.6 Å². The van der Waals surface area contributed by atoms with Gasteiger partial charge < -0.3 is 20.2 Å². The summed E-state index contributed by atoms with van der Waals surface area (Å²) in [5.74, 6) is -1.33. The predicted octanol–water partition coefficient (Wildman–Crippen LogP) is 0.748. The molecule has 2 N–H and O–H groups in total. The number of carbonyl (C=O) groups is 3. The number of nitrogens with zero attached hydrogens (tertiary/aromatic N) is 2. The Hall–Kier alpha value is -1.79. The molecule has 0 aromatic carbocycles. The molecule has 7 nitrogen and oxygen atoms in total. The number of urea groups is 1. The maximum Gasteiger partial charge on any atom is 0.323 e. The summed E-state index contributed by atoms with van der Waals surface area (Å²) in [6, 6.07) is -0.693. The van der Waals surface area contributed by atoms with Gasteiger partial charge in [-0.15, -0.1) is 0 Å². The molecule has 0 bridgehead atoms. The van der Waals surface area contributed by atoms with Gasteiger partial charge in [0.1, 0.15) is 13.1 Å². The van der Waals surface area contributed by atoms with Crippen molar-refractivity contribution in [2.75, 3.05) is 19.6 Å². The first-order chi connectivity index (χ1) is 9.18. The van der Waals surface area contributed by atoms with Crippen LogP contribution in [0.15, 0.2) is 0 Å². The van der Waals surface area contributed by atoms with Crippen LogP contribution in [-0.4, -0.2) is 64.5 Å². The van der Waals surface area contributed by atoms with E-state index < -0.39 is 12.0 Å². The molecule has 0 heterocycles. The van der Waals surface area contributed by atoms with E-state index >= 15 is 0 Å². The molecular weight excluding hydrogens is 262 g/mol. The van der Waals surface area contributed by atoms with E-state index in [1.54, 1.807) is 20.8 Å². The van der Waals surface area contributed by atoms with Gasteiger partial charge >= 0.3 is 12.0 Å². The van der Waals surface area contributed by atoms with Crippen molar-refractivity contribution in [1.29, 1.82) is 0 Å². The smallest absolute Gasteiger partial charge is 0.323 e. The van der Waals surface area contributed by atoms with E-state index in [0.29, 0.717) is 6.54 Å². The summed E-state index contributed by atoms with van der Waals surface area (Å²) in [5, 5.41) is 11.5. The van der Waals surface area contributed by atoms with Gasteiger partial charge in [-0.2, -0.15) is 0 Å². The highest BCUT2D eigenvalue weighted by Gasteiger charge is 2.25. The molecular formula is C13H25N3O4. The number of carbonyl (C=O) groups excluding carboxylic acids is 2. The van der Waals surface area contributed by atoms with Crippen LogP contribution in [0.3, 0.4) is 0 Å². The molecule has 0 unspecified atom stereocenters. The number of hydrogen-bond donors (Lipinski definition) is 2. The third-order valence-corrected chi connectivity index (χ3v) is 2.61. The summed E-state index contributed by atoms with van der Waals surface area (Å²) in [6.07, 6.45) is 0. The molecule has 0 fully saturated rings. The summed E-state index contributed by atoms with van der Waals surface area (Å²) < 4.78 is 0. The normalized spacial score (nSPS) is 10.6. The molecule has 0 aromatic heterocycles. The maximum atomic E-state index is 12.3. The number of rotatable bonds is 7. The van der Waals surface area contributed by atoms with Crippen molar-refractivity contribution in [3.05, 3.63) is 0 Å². The predicted molar refractivity (Wildman–Crippen MR) is 75.4 cm³/mol. The Balaban J connectivity index is 4.80. The zero-order chi connectivity index (χ0) is 15.9. The summed E-state index contributed by atoms with van der Waals surface area (Å²) in [6.45, 7) is 8.79. The molecule has 0 aliphatic carbocycles. The van der Waals surface area contributed by atoms with Crippen LogP contribution < -0.4 is 5.32 Å². The van der Waals surface area contributed by atoms with Crippen molar-refractivity contribution < 1.29 is 19.5 Å². The monoisotopic (exact) mass is 287 g/mol. The van der Waals surface area contributed by atoms with E-state index in [0.717, 1.165) is 0 Å². The average molecular weight is 287 g/mol. The minimum Gasteiger partial charge on any atom is -0.480 e. The zero-order valence-electron chi connectivity index (χ0n) is 12.8. The van der Waals surface area contributed by atoms with Crippen LogP contribution in [0.2, 0.25) is 0 Å². The number of hydrogen-bond acceptors (Lipinski definition) is 3. The van der Waals surface area contributed by atoms with Gasteiger partial charge in [-0.25, -0.2) is 4.79 Å². The summed E-state index contributed by atoms with van der Waals surface area (Å²) in [5.41, 5.74) is 0. The van der Waals surface area contributed by atoms with Crippen LogP contribution in [0, 0.1) is 0 Å². The summed E-state index contributed by atoms with van der Waals surface area (Å²) >= 11 is 0. The van der Waals surface area contributed by atoms with E-state index in [-0.39, 0.29) is 31.1 Å². The lowest BCUT2D eigenvalue weighted by Gasteiger charge is -2.31. The van der Waals surface area contributed by atoms with Gasteiger partial charge in [0.25, 0.3) is 0 Å². The topological polar surface area (TPSA) is 90.0 Å². The van der Waals surface area contributed by atoms with E-state index in [9.17, 15) is 14.4 Å². The number of likely N-dealkylation sites (N-methyl/N-ethyl adjacent to an activating group) is 1. The van der Waals surface area contributed by atoms with Crippen LogP contribution in [-0.2, 0) is 9.59 Å². The lowest BCUT2D eigenvalue weighted by Crippen LogP contribution is -2.51. The molecule has 0 radical (unpaired) electrons. The standard InChI is InChI=1S/C13H25N3O4/c1-6-15(7-11(17)14-9(2)3)13(20)16(10(4)5)8-12(18)19/h9-10H,6-8H2,1-5H3,(H,14,17)(H,18,19). The number of carboxylic acid groups (broad SMARTS) is 1. The van der Waals surface area contributed by atoms with Gasteiger partial charge in [0.05, 0.1) is 0 Å². The van der Waals surface area contributed by atoms with Crippen molar-refractivity contribution in [2.45, 2.75) is 46.7 Å². The molecule has 3 amide bonds. The van der Waals surface area contributed by atoms with Gasteiger partial charge in [-0.1, -0.05) is 0 Å². The van der Waals surface area contributed by atoms with E-state index in [2.05, 4.69) is 5.32 Å². The fraction of sp³-hybridized carbons (Fsp3) is 0.769. The Bertz CT molecular complexity index is 356. The van der Waals surface area contributed by atoms with Crippen molar-refractivity contribution >= 4 is 17.9 Å². The van der Waals surface area contributed by atoms with Crippen LogP contribution in [0.4, 0.5) is 4.79 Å². The van der Waals surface area contributed by atoms with Crippen molar-refractivity contribution in [3.8, 4) is 0 Å². The Morgan fingerprint density at radius 2 is 1.65 bits per heavy atom. The molecule has 0 aliphatic heterocycles. The molecule has 0 aromatic rings. The first-order valence-electron chi connectivity index (χ1n) is 6.75. The summed E-state index contributed by atoms with van der Waals surface area (Å²) in [7, 11) is 0. The Kier molecular flexibility index (Phi) is 7.64. The third kappa shape index (κ3) is 6.40. The average Bonchev–Trinajstić information content (AvgIpc) is 2.30. The second kappa shape index (κ2) is 8.39. The highest BCUT2D eigenvalue weighted by molar-refractivity contribution is 5.86. The van der Waals surface area contributed by atoms with Crippen LogP contribution >= 0.6 is 0 Å². The lowest BCUT2D eigenvalue weighted by atomic mass is 10.3. The number of carboxylic acids is 1. The van der Waals surface area contributed by atoms with Crippen LogP contribution in [0.1, 0.15) is 34.6 Å². The van der Waals surface area contributed by atoms with E-state index in [4.69, 9.17) is 5.11 Å². The Labute approximate surface area is 119 Å². The van der Waals surface area contributed by atoms with Gasteiger partial charge in [0.2, 0.25) is 5.91 Å².